The van der Waals surface area contributed by atoms with Gasteiger partial charge in [-0.1, -0.05) is 56.1 Å². The Labute approximate surface area is 279 Å². The Kier molecular flexibility index (Phi) is 10.2. The highest BCUT2D eigenvalue weighted by atomic mass is 79.9. The number of nitrogens with zero attached hydrogens (tertiary/aromatic N) is 1. The number of carbonyl (C=O) groups is 3. The number of anilines is 1. The molecule has 1 N–H and O–H groups in total. The molecule has 0 aliphatic carbocycles. The van der Waals surface area contributed by atoms with Crippen LogP contribution in [0.4, 0.5) is 10.5 Å². The van der Waals surface area contributed by atoms with Crippen LogP contribution in [-0.2, 0) is 22.8 Å². The third-order valence-electron chi connectivity index (χ3n) is 6.45. The van der Waals surface area contributed by atoms with Crippen molar-refractivity contribution in [2.24, 2.45) is 0 Å². The zero-order valence-corrected chi connectivity index (χ0v) is 28.1. The number of carbonyl (C=O) groups excluding carboxylic acids is 3. The van der Waals surface area contributed by atoms with E-state index < -0.39 is 17.8 Å². The Balaban J connectivity index is 1.35. The SMILES string of the molecule is CCOc1cc(/C=C2\C(=O)NC(=O)N(c3ccc(OCc4ccc(Br)cc4)cc3)C2=O)cc(Br)c1OCc1ccc(Br)cc1. The summed E-state index contributed by atoms with van der Waals surface area (Å²) in [6.45, 7) is 2.87. The monoisotopic (exact) mass is 782 g/mol. The summed E-state index contributed by atoms with van der Waals surface area (Å²) in [6.07, 6.45) is 1.42. The third-order valence-corrected chi connectivity index (χ3v) is 8.10. The van der Waals surface area contributed by atoms with Crippen LogP contribution in [0, 0.1) is 0 Å². The molecule has 4 amide bonds. The normalized spacial score (nSPS) is 14.0. The van der Waals surface area contributed by atoms with Gasteiger partial charge in [-0.25, -0.2) is 9.69 Å². The molecule has 1 saturated heterocycles. The van der Waals surface area contributed by atoms with Gasteiger partial charge in [-0.05, 0) is 106 Å². The molecule has 8 nitrogen and oxygen atoms in total. The molecule has 1 aliphatic rings. The van der Waals surface area contributed by atoms with Gasteiger partial charge in [0.1, 0.15) is 24.5 Å². The van der Waals surface area contributed by atoms with Crippen molar-refractivity contribution < 1.29 is 28.6 Å². The number of hydrogen-bond donors (Lipinski definition) is 1. The highest BCUT2D eigenvalue weighted by Crippen LogP contribution is 2.38. The highest BCUT2D eigenvalue weighted by molar-refractivity contribution is 9.11. The fraction of sp³-hybridized carbons (Fsp3) is 0.121. The number of urea groups is 1. The van der Waals surface area contributed by atoms with E-state index in [1.165, 1.54) is 6.08 Å². The van der Waals surface area contributed by atoms with Gasteiger partial charge >= 0.3 is 6.03 Å². The predicted molar refractivity (Wildman–Crippen MR) is 178 cm³/mol. The molecule has 0 unspecified atom stereocenters. The summed E-state index contributed by atoms with van der Waals surface area (Å²) in [4.78, 5) is 39.9. The third kappa shape index (κ3) is 7.58. The average Bonchev–Trinajstić information content (AvgIpc) is 3.00. The molecule has 1 aliphatic heterocycles. The predicted octanol–water partition coefficient (Wildman–Crippen LogP) is 8.20. The number of rotatable bonds is 10. The first-order valence-corrected chi connectivity index (χ1v) is 15.8. The summed E-state index contributed by atoms with van der Waals surface area (Å²) in [5.74, 6) is -0.0804. The van der Waals surface area contributed by atoms with Gasteiger partial charge in [0.2, 0.25) is 0 Å². The lowest BCUT2D eigenvalue weighted by Gasteiger charge is -2.26. The first kappa shape index (κ1) is 31.5. The molecule has 44 heavy (non-hydrogen) atoms. The quantitative estimate of drug-likeness (QED) is 0.129. The van der Waals surface area contributed by atoms with Crippen LogP contribution < -0.4 is 24.4 Å². The number of amides is 4. The van der Waals surface area contributed by atoms with Crippen LogP contribution in [0.25, 0.3) is 6.08 Å². The molecule has 4 aromatic rings. The number of halogens is 3. The van der Waals surface area contributed by atoms with E-state index >= 15 is 0 Å². The second-order valence-electron chi connectivity index (χ2n) is 9.55. The molecule has 0 atom stereocenters. The minimum Gasteiger partial charge on any atom is -0.490 e. The number of nitrogens with one attached hydrogen (secondary N) is 1. The maximum Gasteiger partial charge on any atom is 0.335 e. The summed E-state index contributed by atoms with van der Waals surface area (Å²) in [6, 6.07) is 24.5. The number of imide groups is 2. The van der Waals surface area contributed by atoms with Crippen molar-refractivity contribution in [2.75, 3.05) is 11.5 Å². The van der Waals surface area contributed by atoms with Crippen LogP contribution in [0.1, 0.15) is 23.6 Å². The van der Waals surface area contributed by atoms with Gasteiger partial charge < -0.3 is 14.2 Å². The molecule has 224 valence electrons. The fourth-order valence-electron chi connectivity index (χ4n) is 4.31. The van der Waals surface area contributed by atoms with E-state index in [4.69, 9.17) is 14.2 Å². The molecule has 4 aromatic carbocycles. The summed E-state index contributed by atoms with van der Waals surface area (Å²) in [7, 11) is 0. The van der Waals surface area contributed by atoms with E-state index in [0.29, 0.717) is 47.1 Å². The standard InChI is InChI=1S/C33H25Br3N2O6/c1-2-42-29-17-22(16-28(36)30(29)44-19-21-5-9-24(35)10-6-21)15-27-31(39)37-33(41)38(32(27)40)25-11-13-26(14-12-25)43-18-20-3-7-23(34)8-4-20/h3-17H,2,18-19H2,1H3,(H,37,39,41)/b27-15+. The number of benzene rings is 4. The van der Waals surface area contributed by atoms with E-state index in [-0.39, 0.29) is 11.3 Å². The Bertz CT molecular complexity index is 1720. The molecule has 1 heterocycles. The topological polar surface area (TPSA) is 94.2 Å². The van der Waals surface area contributed by atoms with Crippen LogP contribution in [-0.4, -0.2) is 24.5 Å². The molecule has 0 saturated carbocycles. The van der Waals surface area contributed by atoms with Gasteiger partial charge in [0.05, 0.1) is 16.8 Å². The van der Waals surface area contributed by atoms with Crippen molar-refractivity contribution in [1.29, 1.82) is 0 Å². The van der Waals surface area contributed by atoms with Crippen molar-refractivity contribution in [3.8, 4) is 17.2 Å². The van der Waals surface area contributed by atoms with Gasteiger partial charge in [0.25, 0.3) is 11.8 Å². The minimum atomic E-state index is -0.839. The second-order valence-corrected chi connectivity index (χ2v) is 12.2. The summed E-state index contributed by atoms with van der Waals surface area (Å²) >= 11 is 10.4. The molecule has 0 bridgehead atoms. The van der Waals surface area contributed by atoms with Crippen molar-refractivity contribution in [2.45, 2.75) is 20.1 Å². The summed E-state index contributed by atoms with van der Waals surface area (Å²) in [5, 5.41) is 2.26. The Hall–Kier alpha value is -3.93. The van der Waals surface area contributed by atoms with E-state index in [0.717, 1.165) is 25.0 Å². The molecule has 0 spiro atoms. The zero-order chi connectivity index (χ0) is 31.2. The van der Waals surface area contributed by atoms with Crippen LogP contribution in [0.15, 0.2) is 104 Å². The van der Waals surface area contributed by atoms with E-state index in [9.17, 15) is 14.4 Å². The number of barbiturate groups is 1. The second kappa shape index (κ2) is 14.2. The number of hydrogen-bond acceptors (Lipinski definition) is 6. The zero-order valence-electron chi connectivity index (χ0n) is 23.3. The molecule has 5 rings (SSSR count). The summed E-state index contributed by atoms with van der Waals surface area (Å²) < 4.78 is 20.2. The van der Waals surface area contributed by atoms with Gasteiger partial charge in [0, 0.05) is 8.95 Å². The molecule has 0 aromatic heterocycles. The van der Waals surface area contributed by atoms with Crippen molar-refractivity contribution >= 4 is 77.4 Å². The van der Waals surface area contributed by atoms with E-state index in [1.54, 1.807) is 36.4 Å². The Morgan fingerprint density at radius 1 is 0.750 bits per heavy atom. The average molecular weight is 785 g/mol. The van der Waals surface area contributed by atoms with Crippen molar-refractivity contribution in [1.82, 2.24) is 5.32 Å². The van der Waals surface area contributed by atoms with Gasteiger partial charge in [0.15, 0.2) is 11.5 Å². The molecular weight excluding hydrogens is 760 g/mol. The number of ether oxygens (including phenoxy) is 3. The Morgan fingerprint density at radius 3 is 1.93 bits per heavy atom. The lowest BCUT2D eigenvalue weighted by molar-refractivity contribution is -0.122. The van der Waals surface area contributed by atoms with Gasteiger partial charge in [-0.2, -0.15) is 0 Å². The maximum absolute atomic E-state index is 13.5. The smallest absolute Gasteiger partial charge is 0.335 e. The van der Waals surface area contributed by atoms with E-state index in [2.05, 4.69) is 53.1 Å². The van der Waals surface area contributed by atoms with Crippen molar-refractivity contribution in [3.05, 3.63) is 121 Å². The molecule has 0 radical (unpaired) electrons. The Morgan fingerprint density at radius 2 is 1.34 bits per heavy atom. The van der Waals surface area contributed by atoms with E-state index in [1.807, 2.05) is 55.5 Å². The highest BCUT2D eigenvalue weighted by Gasteiger charge is 2.37. The molecular formula is C33H25Br3N2O6. The first-order chi connectivity index (χ1) is 21.2. The first-order valence-electron chi connectivity index (χ1n) is 13.4. The minimum absolute atomic E-state index is 0.210. The van der Waals surface area contributed by atoms with Gasteiger partial charge in [-0.3, -0.25) is 14.9 Å². The largest absolute Gasteiger partial charge is 0.490 e. The van der Waals surface area contributed by atoms with Crippen LogP contribution in [0.3, 0.4) is 0 Å². The van der Waals surface area contributed by atoms with Gasteiger partial charge in [-0.15, -0.1) is 0 Å². The van der Waals surface area contributed by atoms with Crippen LogP contribution in [0.5, 0.6) is 17.2 Å². The van der Waals surface area contributed by atoms with Crippen LogP contribution in [0.2, 0.25) is 0 Å². The lowest BCUT2D eigenvalue weighted by atomic mass is 10.1. The maximum atomic E-state index is 13.5. The molecule has 1 fully saturated rings. The lowest BCUT2D eigenvalue weighted by Crippen LogP contribution is -2.54. The summed E-state index contributed by atoms with van der Waals surface area (Å²) in [5.41, 5.74) is 2.53. The van der Waals surface area contributed by atoms with Crippen molar-refractivity contribution in [3.63, 3.8) is 0 Å². The van der Waals surface area contributed by atoms with Crippen LogP contribution >= 0.6 is 47.8 Å². The molecule has 11 heteroatoms. The fourth-order valence-corrected chi connectivity index (χ4v) is 5.41.